The number of rotatable bonds is 17. The number of hydrogen-bond donors (Lipinski definition) is 8. The second-order valence-corrected chi connectivity index (χ2v) is 9.58. The minimum Gasteiger partial charge on any atom is -0.508 e. The van der Waals surface area contributed by atoms with Gasteiger partial charge in [-0.25, -0.2) is 4.79 Å². The van der Waals surface area contributed by atoms with Crippen molar-refractivity contribution in [3.05, 3.63) is 29.8 Å². The fourth-order valence-corrected chi connectivity index (χ4v) is 3.67. The van der Waals surface area contributed by atoms with Crippen molar-refractivity contribution in [1.29, 1.82) is 0 Å². The van der Waals surface area contributed by atoms with E-state index in [1.807, 2.05) is 13.8 Å². The molecule has 13 heteroatoms. The average Bonchev–Trinajstić information content (AvgIpc) is 2.83. The number of benzene rings is 1. The summed E-state index contributed by atoms with van der Waals surface area (Å²) < 4.78 is 0. The molecule has 4 atom stereocenters. The fraction of sp³-hybridized carbons (Fsp3) is 0.560. The minimum absolute atomic E-state index is 0.0115. The van der Waals surface area contributed by atoms with E-state index in [1.54, 1.807) is 12.1 Å². The van der Waals surface area contributed by atoms with Crippen molar-refractivity contribution in [2.24, 2.45) is 23.1 Å². The van der Waals surface area contributed by atoms with Crippen molar-refractivity contribution < 1.29 is 34.2 Å². The van der Waals surface area contributed by atoms with Gasteiger partial charge in [-0.05, 0) is 62.3 Å². The SMILES string of the molecule is CC(C)C[C@H](NC(=O)[C@H](CCCCN)NC(=O)[C@H](CC(N)=O)NC(=O)[C@@H](N)Cc1ccc(O)cc1)C(=O)O. The van der Waals surface area contributed by atoms with Gasteiger partial charge in [-0.2, -0.15) is 0 Å². The molecule has 0 aliphatic rings. The molecule has 0 unspecified atom stereocenters. The number of hydrogen-bond acceptors (Lipinski definition) is 8. The third kappa shape index (κ3) is 12.0. The molecular formula is C25H40N6O7. The Kier molecular flexibility index (Phi) is 13.8. The van der Waals surface area contributed by atoms with E-state index >= 15 is 0 Å². The maximum atomic E-state index is 13.1. The maximum absolute atomic E-state index is 13.1. The molecular weight excluding hydrogens is 496 g/mol. The van der Waals surface area contributed by atoms with Crippen molar-refractivity contribution in [2.45, 2.75) is 76.5 Å². The first-order chi connectivity index (χ1) is 17.8. The largest absolute Gasteiger partial charge is 0.508 e. The van der Waals surface area contributed by atoms with Gasteiger partial charge in [0.15, 0.2) is 0 Å². The van der Waals surface area contributed by atoms with E-state index in [2.05, 4.69) is 16.0 Å². The van der Waals surface area contributed by atoms with Crippen LogP contribution < -0.4 is 33.2 Å². The number of aromatic hydroxyl groups is 1. The highest BCUT2D eigenvalue weighted by atomic mass is 16.4. The van der Waals surface area contributed by atoms with Gasteiger partial charge >= 0.3 is 5.97 Å². The number of nitrogens with one attached hydrogen (secondary N) is 3. The number of carbonyl (C=O) groups excluding carboxylic acids is 4. The van der Waals surface area contributed by atoms with Crippen molar-refractivity contribution in [2.75, 3.05) is 6.54 Å². The molecule has 38 heavy (non-hydrogen) atoms. The van der Waals surface area contributed by atoms with Gasteiger partial charge < -0.3 is 43.4 Å². The summed E-state index contributed by atoms with van der Waals surface area (Å²) in [5, 5.41) is 26.2. The monoisotopic (exact) mass is 536 g/mol. The molecule has 0 saturated carbocycles. The van der Waals surface area contributed by atoms with Gasteiger partial charge in [-0.3, -0.25) is 19.2 Å². The Morgan fingerprint density at radius 2 is 1.42 bits per heavy atom. The summed E-state index contributed by atoms with van der Waals surface area (Å²) in [6.45, 7) is 3.98. The van der Waals surface area contributed by atoms with E-state index in [4.69, 9.17) is 17.2 Å². The van der Waals surface area contributed by atoms with Crippen LogP contribution in [0.15, 0.2) is 24.3 Å². The van der Waals surface area contributed by atoms with Crippen molar-refractivity contribution in [1.82, 2.24) is 16.0 Å². The number of amides is 4. The van der Waals surface area contributed by atoms with Crippen LogP contribution in [0.25, 0.3) is 0 Å². The van der Waals surface area contributed by atoms with Crippen LogP contribution in [0.1, 0.15) is 51.5 Å². The number of nitrogens with two attached hydrogens (primary N) is 3. The fourth-order valence-electron chi connectivity index (χ4n) is 3.67. The van der Waals surface area contributed by atoms with E-state index in [9.17, 15) is 34.2 Å². The number of phenolic OH excluding ortho intramolecular Hbond substituents is 1. The molecule has 0 spiro atoms. The van der Waals surface area contributed by atoms with Crippen molar-refractivity contribution >= 4 is 29.6 Å². The smallest absolute Gasteiger partial charge is 0.326 e. The van der Waals surface area contributed by atoms with E-state index in [0.717, 1.165) is 0 Å². The molecule has 212 valence electrons. The van der Waals surface area contributed by atoms with Crippen LogP contribution in [0.3, 0.4) is 0 Å². The van der Waals surface area contributed by atoms with Gasteiger partial charge in [0.1, 0.15) is 23.9 Å². The molecule has 0 aliphatic carbocycles. The first-order valence-corrected chi connectivity index (χ1v) is 12.5. The molecule has 1 aromatic carbocycles. The van der Waals surface area contributed by atoms with Crippen LogP contribution in [0.5, 0.6) is 5.75 Å². The first kappa shape index (κ1) is 32.3. The lowest BCUT2D eigenvalue weighted by Crippen LogP contribution is -2.58. The molecule has 0 heterocycles. The number of carboxylic acid groups (broad SMARTS) is 1. The lowest BCUT2D eigenvalue weighted by atomic mass is 10.0. The Balaban J connectivity index is 2.98. The summed E-state index contributed by atoms with van der Waals surface area (Å²) in [6, 6.07) is 1.26. The molecule has 0 fully saturated rings. The summed E-state index contributed by atoms with van der Waals surface area (Å²) in [5.74, 6) is -4.33. The highest BCUT2D eigenvalue weighted by Gasteiger charge is 2.31. The molecule has 0 aliphatic heterocycles. The number of carbonyl (C=O) groups is 5. The molecule has 0 saturated heterocycles. The van der Waals surface area contributed by atoms with Gasteiger partial charge in [0.2, 0.25) is 23.6 Å². The molecule has 11 N–H and O–H groups in total. The number of aliphatic carboxylic acids is 1. The second kappa shape index (κ2) is 16.2. The number of unbranched alkanes of at least 4 members (excludes halogenated alkanes) is 1. The average molecular weight is 537 g/mol. The maximum Gasteiger partial charge on any atom is 0.326 e. The van der Waals surface area contributed by atoms with Crippen LogP contribution in [-0.4, -0.2) is 70.5 Å². The van der Waals surface area contributed by atoms with Crippen LogP contribution >= 0.6 is 0 Å². The number of carboxylic acids is 1. The van der Waals surface area contributed by atoms with Crippen LogP contribution in [0.4, 0.5) is 0 Å². The summed E-state index contributed by atoms with van der Waals surface area (Å²) >= 11 is 0. The standard InChI is InChI=1S/C25H40N6O7/c1-14(2)11-20(25(37)38)31-23(35)18(5-3-4-10-26)29-24(36)19(13-21(28)33)30-22(34)17(27)12-15-6-8-16(32)9-7-15/h6-9,14,17-20,32H,3-5,10-13,26-27H2,1-2H3,(H2,28,33)(H,29,36)(H,30,34)(H,31,35)(H,37,38)/t17-,18-,19-,20-/m0/s1. The number of primary amides is 1. The predicted molar refractivity (Wildman–Crippen MR) is 139 cm³/mol. The lowest BCUT2D eigenvalue weighted by Gasteiger charge is -2.25. The quantitative estimate of drug-likeness (QED) is 0.112. The summed E-state index contributed by atoms with van der Waals surface area (Å²) in [6.07, 6.45) is 0.895. The summed E-state index contributed by atoms with van der Waals surface area (Å²) in [7, 11) is 0. The van der Waals surface area contributed by atoms with E-state index in [0.29, 0.717) is 24.9 Å². The van der Waals surface area contributed by atoms with Gasteiger partial charge in [0, 0.05) is 0 Å². The zero-order valence-corrected chi connectivity index (χ0v) is 21.8. The van der Waals surface area contributed by atoms with E-state index < -0.39 is 60.2 Å². The van der Waals surface area contributed by atoms with Crippen LogP contribution in [-0.2, 0) is 30.4 Å². The van der Waals surface area contributed by atoms with Crippen molar-refractivity contribution in [3.63, 3.8) is 0 Å². The predicted octanol–water partition coefficient (Wildman–Crippen LogP) is -1.15. The molecule has 0 aromatic heterocycles. The minimum atomic E-state index is -1.42. The first-order valence-electron chi connectivity index (χ1n) is 12.5. The zero-order chi connectivity index (χ0) is 28.8. The molecule has 0 radical (unpaired) electrons. The Morgan fingerprint density at radius 1 is 0.868 bits per heavy atom. The highest BCUT2D eigenvalue weighted by molar-refractivity contribution is 5.96. The second-order valence-electron chi connectivity index (χ2n) is 9.58. The molecule has 4 amide bonds. The van der Waals surface area contributed by atoms with Gasteiger partial charge in [-0.1, -0.05) is 26.0 Å². The van der Waals surface area contributed by atoms with E-state index in [1.165, 1.54) is 12.1 Å². The molecule has 1 rings (SSSR count). The normalized spacial score (nSPS) is 14.1. The Hall–Kier alpha value is -3.71. The third-order valence-electron chi connectivity index (χ3n) is 5.67. The Bertz CT molecular complexity index is 954. The van der Waals surface area contributed by atoms with E-state index in [-0.39, 0.29) is 30.9 Å². The molecule has 13 nitrogen and oxygen atoms in total. The zero-order valence-electron chi connectivity index (χ0n) is 21.8. The van der Waals surface area contributed by atoms with Gasteiger partial charge in [0.05, 0.1) is 12.5 Å². The van der Waals surface area contributed by atoms with Crippen LogP contribution in [0.2, 0.25) is 0 Å². The Morgan fingerprint density at radius 3 is 1.95 bits per heavy atom. The lowest BCUT2D eigenvalue weighted by molar-refractivity contribution is -0.143. The number of phenols is 1. The van der Waals surface area contributed by atoms with Crippen LogP contribution in [0, 0.1) is 5.92 Å². The van der Waals surface area contributed by atoms with Crippen molar-refractivity contribution in [3.8, 4) is 5.75 Å². The third-order valence-corrected chi connectivity index (χ3v) is 5.67. The summed E-state index contributed by atoms with van der Waals surface area (Å²) in [4.78, 5) is 61.9. The highest BCUT2D eigenvalue weighted by Crippen LogP contribution is 2.11. The van der Waals surface area contributed by atoms with Gasteiger partial charge in [-0.15, -0.1) is 0 Å². The Labute approximate surface area is 221 Å². The topological polar surface area (TPSA) is 240 Å². The molecule has 1 aromatic rings. The molecule has 0 bridgehead atoms. The van der Waals surface area contributed by atoms with Gasteiger partial charge in [0.25, 0.3) is 0 Å². The summed E-state index contributed by atoms with van der Waals surface area (Å²) in [5.41, 5.74) is 17.4.